The fourth-order valence-electron chi connectivity index (χ4n) is 2.63. The Morgan fingerprint density at radius 3 is 1.74 bits per heavy atom. The molecule has 0 aliphatic carbocycles. The molecule has 6 nitrogen and oxygen atoms in total. The predicted molar refractivity (Wildman–Crippen MR) is 107 cm³/mol. The quantitative estimate of drug-likeness (QED) is 0.527. The maximum Gasteiger partial charge on any atom is 0.320 e. The molecule has 27 heavy (non-hydrogen) atoms. The zero-order valence-corrected chi connectivity index (χ0v) is 15.7. The molecular formula is C21H29N3O3. The summed E-state index contributed by atoms with van der Waals surface area (Å²) in [5.74, 6) is -1.27. The number of aliphatic carboxylic acids is 1. The Kier molecular flexibility index (Phi) is 9.19. The van der Waals surface area contributed by atoms with Crippen LogP contribution < -0.4 is 17.2 Å². The highest BCUT2D eigenvalue weighted by Gasteiger charge is 2.34. The van der Waals surface area contributed by atoms with Crippen molar-refractivity contribution in [3.8, 4) is 0 Å². The number of unbranched alkanes of at least 4 members (excludes halogenated alkanes) is 1. The van der Waals surface area contributed by atoms with Gasteiger partial charge in [0.15, 0.2) is 0 Å². The van der Waals surface area contributed by atoms with Gasteiger partial charge in [-0.25, -0.2) is 0 Å². The number of benzene rings is 2. The highest BCUT2D eigenvalue weighted by molar-refractivity contribution is 5.90. The Morgan fingerprint density at radius 2 is 1.41 bits per heavy atom. The summed E-state index contributed by atoms with van der Waals surface area (Å²) >= 11 is 0. The summed E-state index contributed by atoms with van der Waals surface area (Å²) in [6.45, 7) is 2.46. The summed E-state index contributed by atoms with van der Waals surface area (Å²) in [6, 6.07) is 18.5. The van der Waals surface area contributed by atoms with Crippen molar-refractivity contribution >= 4 is 11.9 Å². The van der Waals surface area contributed by atoms with Crippen LogP contribution in [0.5, 0.6) is 0 Å². The second-order valence-electron chi connectivity index (χ2n) is 6.45. The number of carboxylic acids is 1. The van der Waals surface area contributed by atoms with Crippen molar-refractivity contribution in [3.05, 3.63) is 71.8 Å². The number of carbonyl (C=O) groups excluding carboxylic acids is 1. The third-order valence-corrected chi connectivity index (χ3v) is 4.48. The van der Waals surface area contributed by atoms with E-state index in [4.69, 9.17) is 22.3 Å². The third kappa shape index (κ3) is 6.51. The lowest BCUT2D eigenvalue weighted by atomic mass is 9.76. The van der Waals surface area contributed by atoms with E-state index < -0.39 is 17.4 Å². The molecule has 0 bridgehead atoms. The van der Waals surface area contributed by atoms with Gasteiger partial charge in [-0.05, 0) is 37.4 Å². The summed E-state index contributed by atoms with van der Waals surface area (Å²) in [4.78, 5) is 22.0. The number of amides is 1. The number of hydrogen-bond donors (Lipinski definition) is 4. The molecule has 7 N–H and O–H groups in total. The van der Waals surface area contributed by atoms with E-state index in [9.17, 15) is 9.59 Å². The van der Waals surface area contributed by atoms with E-state index in [0.29, 0.717) is 13.0 Å². The summed E-state index contributed by atoms with van der Waals surface area (Å²) < 4.78 is 0. The van der Waals surface area contributed by atoms with E-state index in [-0.39, 0.29) is 5.91 Å². The van der Waals surface area contributed by atoms with Crippen molar-refractivity contribution < 1.29 is 14.7 Å². The van der Waals surface area contributed by atoms with Crippen LogP contribution in [0.25, 0.3) is 0 Å². The highest BCUT2D eigenvalue weighted by Crippen LogP contribution is 2.31. The summed E-state index contributed by atoms with van der Waals surface area (Å²) in [5, 5.41) is 8.33. The molecule has 2 rings (SSSR count). The van der Waals surface area contributed by atoms with Crippen molar-refractivity contribution in [2.24, 2.45) is 17.2 Å². The van der Waals surface area contributed by atoms with Gasteiger partial charge in [0.05, 0.1) is 5.41 Å². The first-order valence-corrected chi connectivity index (χ1v) is 8.93. The molecule has 1 atom stereocenters. The van der Waals surface area contributed by atoms with Gasteiger partial charge in [0.1, 0.15) is 6.04 Å². The van der Waals surface area contributed by atoms with Gasteiger partial charge in [-0.15, -0.1) is 0 Å². The van der Waals surface area contributed by atoms with Gasteiger partial charge >= 0.3 is 5.97 Å². The van der Waals surface area contributed by atoms with E-state index in [2.05, 4.69) is 0 Å². The zero-order valence-electron chi connectivity index (χ0n) is 15.7. The van der Waals surface area contributed by atoms with Gasteiger partial charge in [-0.3, -0.25) is 9.59 Å². The van der Waals surface area contributed by atoms with Crippen LogP contribution >= 0.6 is 0 Å². The Bertz CT molecular complexity index is 666. The van der Waals surface area contributed by atoms with Gasteiger partial charge in [0, 0.05) is 0 Å². The molecule has 146 valence electrons. The van der Waals surface area contributed by atoms with Gasteiger partial charge in [-0.1, -0.05) is 67.1 Å². The van der Waals surface area contributed by atoms with E-state index in [1.165, 1.54) is 0 Å². The van der Waals surface area contributed by atoms with E-state index in [0.717, 1.165) is 24.0 Å². The topological polar surface area (TPSA) is 132 Å². The van der Waals surface area contributed by atoms with Crippen LogP contribution in [0.2, 0.25) is 0 Å². The molecule has 2 aromatic rings. The molecule has 0 aliphatic rings. The number of carbonyl (C=O) groups is 2. The van der Waals surface area contributed by atoms with Crippen molar-refractivity contribution in [2.75, 3.05) is 6.54 Å². The van der Waals surface area contributed by atoms with Gasteiger partial charge in [-0.2, -0.15) is 0 Å². The van der Waals surface area contributed by atoms with Crippen LogP contribution in [-0.2, 0) is 15.0 Å². The van der Waals surface area contributed by atoms with Gasteiger partial charge in [0.25, 0.3) is 0 Å². The minimum atomic E-state index is -0.933. The molecular weight excluding hydrogens is 342 g/mol. The maximum absolute atomic E-state index is 11.8. The minimum absolute atomic E-state index is 0.338. The smallest absolute Gasteiger partial charge is 0.320 e. The Labute approximate surface area is 160 Å². The molecule has 0 aliphatic heterocycles. The van der Waals surface area contributed by atoms with Crippen LogP contribution in [-0.4, -0.2) is 29.6 Å². The molecule has 6 heteroatoms. The first-order chi connectivity index (χ1) is 12.8. The number of primary amides is 1. The molecule has 0 unspecified atom stereocenters. The molecule has 0 fully saturated rings. The number of rotatable bonds is 8. The molecule has 0 spiro atoms. The molecule has 0 saturated heterocycles. The third-order valence-electron chi connectivity index (χ3n) is 4.48. The minimum Gasteiger partial charge on any atom is -0.480 e. The summed E-state index contributed by atoms with van der Waals surface area (Å²) in [5.41, 5.74) is 17.1. The Morgan fingerprint density at radius 1 is 0.963 bits per heavy atom. The fourth-order valence-corrected chi connectivity index (χ4v) is 2.63. The number of hydrogen-bond acceptors (Lipinski definition) is 4. The second kappa shape index (κ2) is 11.1. The van der Waals surface area contributed by atoms with Crippen molar-refractivity contribution in [1.82, 2.24) is 0 Å². The van der Waals surface area contributed by atoms with Gasteiger partial charge in [0.2, 0.25) is 5.91 Å². The lowest BCUT2D eigenvalue weighted by Gasteiger charge is -2.27. The molecule has 1 amide bonds. The zero-order chi connectivity index (χ0) is 20.3. The predicted octanol–water partition coefficient (Wildman–Crippen LogP) is 2.01. The maximum atomic E-state index is 11.8. The average molecular weight is 371 g/mol. The van der Waals surface area contributed by atoms with Crippen molar-refractivity contribution in [3.63, 3.8) is 0 Å². The average Bonchev–Trinajstić information content (AvgIpc) is 2.69. The fraction of sp³-hybridized carbons (Fsp3) is 0.333. The van der Waals surface area contributed by atoms with Crippen LogP contribution in [0.4, 0.5) is 0 Å². The van der Waals surface area contributed by atoms with E-state index in [1.807, 2.05) is 67.6 Å². The molecule has 0 aromatic heterocycles. The summed E-state index contributed by atoms with van der Waals surface area (Å²) in [7, 11) is 0. The van der Waals surface area contributed by atoms with E-state index >= 15 is 0 Å². The van der Waals surface area contributed by atoms with Crippen LogP contribution in [0, 0.1) is 0 Å². The van der Waals surface area contributed by atoms with Crippen molar-refractivity contribution in [1.29, 1.82) is 0 Å². The highest BCUT2D eigenvalue weighted by atomic mass is 16.4. The van der Waals surface area contributed by atoms with Crippen LogP contribution in [0.3, 0.4) is 0 Å². The lowest BCUT2D eigenvalue weighted by Crippen LogP contribution is -2.39. The van der Waals surface area contributed by atoms with Crippen LogP contribution in [0.15, 0.2) is 60.7 Å². The molecule has 0 saturated carbocycles. The number of carboxylic acid groups (broad SMARTS) is 1. The molecule has 0 heterocycles. The molecule has 0 radical (unpaired) electrons. The van der Waals surface area contributed by atoms with Gasteiger partial charge < -0.3 is 22.3 Å². The van der Waals surface area contributed by atoms with Crippen molar-refractivity contribution in [2.45, 2.75) is 37.6 Å². The summed E-state index contributed by atoms with van der Waals surface area (Å²) in [6.07, 6.45) is 2.16. The first kappa shape index (κ1) is 22.3. The largest absolute Gasteiger partial charge is 0.480 e. The monoisotopic (exact) mass is 371 g/mol. The van der Waals surface area contributed by atoms with Crippen LogP contribution in [0.1, 0.15) is 37.3 Å². The Balaban J connectivity index is 0.000000314. The molecule has 2 aromatic carbocycles. The normalized spacial score (nSPS) is 11.8. The standard InChI is InChI=1S/C15H15NO.C6H14N2O2/c1-15(14(16)17,12-8-4-2-5-9-12)13-10-6-3-7-11-13;7-4-2-1-3-5(8)6(9)10/h2-11H,1H3,(H2,16,17);5H,1-4,7-8H2,(H,9,10)/t;5-/m.0/s1. The van der Waals surface area contributed by atoms with E-state index in [1.54, 1.807) is 0 Å². The number of nitrogens with two attached hydrogens (primary N) is 3. The second-order valence-corrected chi connectivity index (χ2v) is 6.45. The first-order valence-electron chi connectivity index (χ1n) is 8.93. The Hall–Kier alpha value is -2.70. The SMILES string of the molecule is CC(C(N)=O)(c1ccccc1)c1ccccc1.NCCCC[C@H](N)C(=O)O. The lowest BCUT2D eigenvalue weighted by molar-refractivity contribution is -0.138.